The largest absolute Gasteiger partial charge is 0.465 e. The summed E-state index contributed by atoms with van der Waals surface area (Å²) in [4.78, 5) is 41.0. The fourth-order valence-corrected chi connectivity index (χ4v) is 5.02. The number of hydrogen-bond donors (Lipinski definition) is 3. The molecule has 2 aromatic carbocycles. The highest BCUT2D eigenvalue weighted by Gasteiger charge is 2.48. The van der Waals surface area contributed by atoms with Crippen LogP contribution in [0.2, 0.25) is 0 Å². The second-order valence-corrected chi connectivity index (χ2v) is 9.93. The van der Waals surface area contributed by atoms with Crippen molar-refractivity contribution in [2.45, 2.75) is 52.5 Å². The van der Waals surface area contributed by atoms with Gasteiger partial charge >= 0.3 is 6.09 Å². The molecular weight excluding hydrogens is 468 g/mol. The number of anilines is 2. The van der Waals surface area contributed by atoms with E-state index in [1.807, 2.05) is 56.3 Å². The van der Waals surface area contributed by atoms with Crippen molar-refractivity contribution in [2.75, 3.05) is 29.9 Å². The molecule has 0 aromatic heterocycles. The molecule has 1 atom stereocenters. The standard InChI is InChI=1S/C29H38N4O4/c1-5-32(6-2)25-12-10-24(11-13-25)31-27(35)29(33(28(36)37)19-20(3)4)16-15-22-17-21(8-14-26(30)34)7-9-23(22)18-29/h7-14,17,20H,5-6,15-16,18-19H2,1-4H3,(H2,30,34)(H,31,35)(H,36,37). The monoisotopic (exact) mass is 506 g/mol. The molecule has 198 valence electrons. The number of carboxylic acid groups (broad SMARTS) is 1. The van der Waals surface area contributed by atoms with Gasteiger partial charge in [-0.25, -0.2) is 4.79 Å². The summed E-state index contributed by atoms with van der Waals surface area (Å²) in [5, 5.41) is 13.2. The Morgan fingerprint density at radius 3 is 2.32 bits per heavy atom. The summed E-state index contributed by atoms with van der Waals surface area (Å²) in [6.45, 7) is 10.1. The number of benzene rings is 2. The van der Waals surface area contributed by atoms with Gasteiger partial charge in [-0.1, -0.05) is 32.0 Å². The zero-order valence-corrected chi connectivity index (χ0v) is 22.2. The second-order valence-electron chi connectivity index (χ2n) is 9.93. The van der Waals surface area contributed by atoms with E-state index in [4.69, 9.17) is 5.73 Å². The minimum absolute atomic E-state index is 0.0526. The predicted molar refractivity (Wildman–Crippen MR) is 148 cm³/mol. The lowest BCUT2D eigenvalue weighted by Gasteiger charge is -2.44. The summed E-state index contributed by atoms with van der Waals surface area (Å²) >= 11 is 0. The van der Waals surface area contributed by atoms with Gasteiger partial charge in [-0.05, 0) is 79.6 Å². The zero-order chi connectivity index (χ0) is 27.2. The molecule has 1 aliphatic carbocycles. The summed E-state index contributed by atoms with van der Waals surface area (Å²) in [7, 11) is 0. The van der Waals surface area contributed by atoms with Crippen molar-refractivity contribution in [3.05, 3.63) is 65.2 Å². The first-order valence-electron chi connectivity index (χ1n) is 12.9. The van der Waals surface area contributed by atoms with Gasteiger partial charge in [0, 0.05) is 43.5 Å². The van der Waals surface area contributed by atoms with E-state index < -0.39 is 17.5 Å². The number of aryl methyl sites for hydroxylation is 1. The van der Waals surface area contributed by atoms with Gasteiger partial charge < -0.3 is 21.1 Å². The van der Waals surface area contributed by atoms with Crippen molar-refractivity contribution in [1.82, 2.24) is 4.90 Å². The van der Waals surface area contributed by atoms with Gasteiger partial charge in [0.2, 0.25) is 5.91 Å². The fourth-order valence-electron chi connectivity index (χ4n) is 5.02. The highest BCUT2D eigenvalue weighted by atomic mass is 16.4. The number of nitrogens with two attached hydrogens (primary N) is 1. The molecule has 0 saturated heterocycles. The molecule has 0 bridgehead atoms. The van der Waals surface area contributed by atoms with E-state index in [0.717, 1.165) is 35.5 Å². The number of fused-ring (bicyclic) bond motifs is 1. The third-order valence-corrected chi connectivity index (χ3v) is 6.93. The minimum Gasteiger partial charge on any atom is -0.465 e. The molecule has 37 heavy (non-hydrogen) atoms. The first-order valence-corrected chi connectivity index (χ1v) is 12.9. The molecule has 8 nitrogen and oxygen atoms in total. The van der Waals surface area contributed by atoms with Crippen LogP contribution in [0.15, 0.2) is 48.5 Å². The van der Waals surface area contributed by atoms with E-state index in [0.29, 0.717) is 18.5 Å². The smallest absolute Gasteiger partial charge is 0.408 e. The van der Waals surface area contributed by atoms with E-state index in [1.165, 1.54) is 11.0 Å². The van der Waals surface area contributed by atoms with Crippen LogP contribution >= 0.6 is 0 Å². The van der Waals surface area contributed by atoms with E-state index in [-0.39, 0.29) is 24.8 Å². The first-order chi connectivity index (χ1) is 17.6. The SMILES string of the molecule is CCN(CC)c1ccc(NC(=O)C2(N(CC(C)C)C(=O)O)CCc3cc(C=CC(N)=O)ccc3C2)cc1. The third kappa shape index (κ3) is 6.50. The van der Waals surface area contributed by atoms with E-state index in [1.54, 1.807) is 6.08 Å². The molecule has 8 heteroatoms. The predicted octanol–water partition coefficient (Wildman–Crippen LogP) is 4.53. The molecule has 0 aliphatic heterocycles. The molecular formula is C29H38N4O4. The van der Waals surface area contributed by atoms with Crippen LogP contribution in [0, 0.1) is 5.92 Å². The van der Waals surface area contributed by atoms with Gasteiger partial charge in [0.1, 0.15) is 5.54 Å². The van der Waals surface area contributed by atoms with Gasteiger partial charge in [0.25, 0.3) is 5.91 Å². The summed E-state index contributed by atoms with van der Waals surface area (Å²) in [5.74, 6) is -0.796. The molecule has 1 unspecified atom stereocenters. The molecule has 0 fully saturated rings. The summed E-state index contributed by atoms with van der Waals surface area (Å²) in [6, 6.07) is 13.4. The molecule has 3 amide bonds. The van der Waals surface area contributed by atoms with Crippen LogP contribution in [0.3, 0.4) is 0 Å². The maximum absolute atomic E-state index is 13.9. The molecule has 2 aromatic rings. The van der Waals surface area contributed by atoms with Crippen LogP contribution in [0.5, 0.6) is 0 Å². The fraction of sp³-hybridized carbons (Fsp3) is 0.414. The van der Waals surface area contributed by atoms with E-state index >= 15 is 0 Å². The Kier molecular flexibility index (Phi) is 8.97. The lowest BCUT2D eigenvalue weighted by Crippen LogP contribution is -2.62. The summed E-state index contributed by atoms with van der Waals surface area (Å²) in [6.07, 6.45) is 3.01. The van der Waals surface area contributed by atoms with Crippen molar-refractivity contribution in [3.8, 4) is 0 Å². The topological polar surface area (TPSA) is 116 Å². The van der Waals surface area contributed by atoms with Crippen LogP contribution in [-0.4, -0.2) is 53.1 Å². The number of nitrogens with one attached hydrogen (secondary N) is 1. The number of carbonyl (C=O) groups excluding carboxylic acids is 2. The lowest BCUT2D eigenvalue weighted by molar-refractivity contribution is -0.128. The van der Waals surface area contributed by atoms with Gasteiger partial charge in [-0.3, -0.25) is 14.5 Å². The van der Waals surface area contributed by atoms with Crippen LogP contribution in [0.1, 0.15) is 50.8 Å². The lowest BCUT2D eigenvalue weighted by atomic mass is 9.75. The van der Waals surface area contributed by atoms with Crippen molar-refractivity contribution in [1.29, 1.82) is 0 Å². The zero-order valence-electron chi connectivity index (χ0n) is 22.2. The molecule has 0 saturated carbocycles. The van der Waals surface area contributed by atoms with Gasteiger partial charge in [0.15, 0.2) is 0 Å². The number of primary amides is 1. The van der Waals surface area contributed by atoms with Gasteiger partial charge in [-0.2, -0.15) is 0 Å². The highest BCUT2D eigenvalue weighted by molar-refractivity contribution is 6.00. The summed E-state index contributed by atoms with van der Waals surface area (Å²) in [5.41, 5.74) is 8.46. The number of carbonyl (C=O) groups is 3. The van der Waals surface area contributed by atoms with Crippen molar-refractivity contribution in [3.63, 3.8) is 0 Å². The van der Waals surface area contributed by atoms with Crippen molar-refractivity contribution in [2.24, 2.45) is 11.7 Å². The number of hydrogen-bond acceptors (Lipinski definition) is 4. The van der Waals surface area contributed by atoms with E-state index in [2.05, 4.69) is 24.1 Å². The maximum Gasteiger partial charge on any atom is 0.408 e. The molecule has 0 heterocycles. The van der Waals surface area contributed by atoms with Crippen molar-refractivity contribution < 1.29 is 19.5 Å². The van der Waals surface area contributed by atoms with Gasteiger partial charge in [0.05, 0.1) is 0 Å². The van der Waals surface area contributed by atoms with Crippen LogP contribution in [0.25, 0.3) is 6.08 Å². The van der Waals surface area contributed by atoms with Crippen LogP contribution in [0.4, 0.5) is 16.2 Å². The Morgan fingerprint density at radius 1 is 1.08 bits per heavy atom. The summed E-state index contributed by atoms with van der Waals surface area (Å²) < 4.78 is 0. The average Bonchev–Trinajstić information content (AvgIpc) is 2.87. The normalized spacial score (nSPS) is 16.9. The Labute approximate surface area is 219 Å². The Bertz CT molecular complexity index is 1150. The average molecular weight is 507 g/mol. The second kappa shape index (κ2) is 12.0. The van der Waals surface area contributed by atoms with Crippen LogP contribution in [-0.2, 0) is 22.4 Å². The molecule has 1 aliphatic rings. The Balaban J connectivity index is 1.95. The maximum atomic E-state index is 13.9. The minimum atomic E-state index is -1.24. The van der Waals surface area contributed by atoms with Crippen LogP contribution < -0.4 is 16.0 Å². The number of nitrogens with zero attached hydrogens (tertiary/aromatic N) is 2. The molecule has 3 rings (SSSR count). The third-order valence-electron chi connectivity index (χ3n) is 6.93. The Hall–Kier alpha value is -3.81. The number of amides is 3. The quantitative estimate of drug-likeness (QED) is 0.409. The molecule has 4 N–H and O–H groups in total. The Morgan fingerprint density at radius 2 is 1.76 bits per heavy atom. The molecule has 0 spiro atoms. The van der Waals surface area contributed by atoms with Crippen molar-refractivity contribution >= 4 is 35.4 Å². The number of rotatable bonds is 10. The first kappa shape index (κ1) is 27.8. The van der Waals surface area contributed by atoms with E-state index in [9.17, 15) is 19.5 Å². The molecule has 0 radical (unpaired) electrons. The highest BCUT2D eigenvalue weighted by Crippen LogP contribution is 2.36. The van der Waals surface area contributed by atoms with Gasteiger partial charge in [-0.15, -0.1) is 0 Å².